The number of aliphatic hydroxyl groups is 1. The predicted octanol–water partition coefficient (Wildman–Crippen LogP) is 2.58. The molecule has 108 valence electrons. The van der Waals surface area contributed by atoms with Gasteiger partial charge in [0.1, 0.15) is 6.61 Å². The second-order valence-corrected chi connectivity index (χ2v) is 5.38. The number of amides is 1. The Bertz CT molecular complexity index is 679. The van der Waals surface area contributed by atoms with Crippen LogP contribution in [-0.4, -0.2) is 17.6 Å². The molecule has 1 heterocycles. The van der Waals surface area contributed by atoms with E-state index in [1.165, 1.54) is 16.9 Å². The van der Waals surface area contributed by atoms with E-state index in [4.69, 9.17) is 5.11 Å². The SMILES string of the molecule is CCc1ccccc1CNC(=O)c1csc(C#CCO)c1. The lowest BCUT2D eigenvalue weighted by Crippen LogP contribution is -2.22. The van der Waals surface area contributed by atoms with Crippen molar-refractivity contribution in [3.05, 3.63) is 57.3 Å². The van der Waals surface area contributed by atoms with Crippen LogP contribution in [0.3, 0.4) is 0 Å². The standard InChI is InChI=1S/C17H17NO2S/c1-2-13-6-3-4-7-14(13)11-18-17(20)15-10-16(21-12-15)8-5-9-19/h3-4,6-7,10,12,19H,2,9,11H2,1H3,(H,18,20). The van der Waals surface area contributed by atoms with Gasteiger partial charge < -0.3 is 10.4 Å². The molecule has 0 atom stereocenters. The number of hydrogen-bond donors (Lipinski definition) is 2. The molecular weight excluding hydrogens is 282 g/mol. The van der Waals surface area contributed by atoms with Gasteiger partial charge >= 0.3 is 0 Å². The van der Waals surface area contributed by atoms with Crippen molar-refractivity contribution in [1.29, 1.82) is 0 Å². The van der Waals surface area contributed by atoms with Gasteiger partial charge in [-0.3, -0.25) is 4.79 Å². The largest absolute Gasteiger partial charge is 0.384 e. The molecule has 0 unspecified atom stereocenters. The van der Waals surface area contributed by atoms with Crippen LogP contribution in [0, 0.1) is 11.8 Å². The zero-order valence-electron chi connectivity index (χ0n) is 11.8. The Labute approximate surface area is 128 Å². The number of carbonyl (C=O) groups excluding carboxylic acids is 1. The van der Waals surface area contributed by atoms with Crippen LogP contribution in [0.5, 0.6) is 0 Å². The highest BCUT2D eigenvalue weighted by Crippen LogP contribution is 2.14. The van der Waals surface area contributed by atoms with E-state index in [2.05, 4.69) is 30.1 Å². The molecule has 2 rings (SSSR count). The van der Waals surface area contributed by atoms with Crippen LogP contribution >= 0.6 is 11.3 Å². The summed E-state index contributed by atoms with van der Waals surface area (Å²) in [7, 11) is 0. The summed E-state index contributed by atoms with van der Waals surface area (Å²) < 4.78 is 0. The van der Waals surface area contributed by atoms with Gasteiger partial charge in [-0.1, -0.05) is 43.0 Å². The van der Waals surface area contributed by atoms with Gasteiger partial charge in [-0.25, -0.2) is 0 Å². The first-order valence-electron chi connectivity index (χ1n) is 6.77. The summed E-state index contributed by atoms with van der Waals surface area (Å²) in [5.41, 5.74) is 3.00. The molecule has 1 aromatic carbocycles. The number of nitrogens with one attached hydrogen (secondary N) is 1. The van der Waals surface area contributed by atoms with Gasteiger partial charge in [-0.2, -0.15) is 0 Å². The van der Waals surface area contributed by atoms with Crippen LogP contribution in [0.1, 0.15) is 33.3 Å². The number of rotatable bonds is 4. The lowest BCUT2D eigenvalue weighted by molar-refractivity contribution is 0.0951. The van der Waals surface area contributed by atoms with E-state index < -0.39 is 0 Å². The summed E-state index contributed by atoms with van der Waals surface area (Å²) in [5, 5.41) is 13.4. The Morgan fingerprint density at radius 2 is 2.10 bits per heavy atom. The summed E-state index contributed by atoms with van der Waals surface area (Å²) in [5.74, 6) is 5.27. The average molecular weight is 299 g/mol. The maximum Gasteiger partial charge on any atom is 0.252 e. The normalized spacial score (nSPS) is 9.81. The number of aryl methyl sites for hydroxylation is 1. The van der Waals surface area contributed by atoms with Crippen LogP contribution in [0.25, 0.3) is 0 Å². The fraction of sp³-hybridized carbons (Fsp3) is 0.235. The first-order valence-corrected chi connectivity index (χ1v) is 7.65. The van der Waals surface area contributed by atoms with Crippen molar-refractivity contribution in [2.45, 2.75) is 19.9 Å². The van der Waals surface area contributed by atoms with E-state index in [9.17, 15) is 4.79 Å². The molecule has 0 aliphatic heterocycles. The fourth-order valence-electron chi connectivity index (χ4n) is 2.00. The number of thiophene rings is 1. The third kappa shape index (κ3) is 4.19. The molecule has 4 heteroatoms. The summed E-state index contributed by atoms with van der Waals surface area (Å²) in [6.45, 7) is 2.45. The zero-order chi connectivity index (χ0) is 15.1. The Hall–Kier alpha value is -2.09. The monoisotopic (exact) mass is 299 g/mol. The van der Waals surface area contributed by atoms with Gasteiger partial charge in [-0.05, 0) is 23.6 Å². The third-order valence-corrected chi connectivity index (χ3v) is 3.94. The molecule has 0 bridgehead atoms. The molecule has 2 N–H and O–H groups in total. The number of hydrogen-bond acceptors (Lipinski definition) is 3. The fourth-order valence-corrected chi connectivity index (χ4v) is 2.76. The van der Waals surface area contributed by atoms with Gasteiger partial charge in [0.15, 0.2) is 0 Å². The van der Waals surface area contributed by atoms with Crippen molar-refractivity contribution in [1.82, 2.24) is 5.32 Å². The molecule has 0 radical (unpaired) electrons. The molecule has 0 saturated heterocycles. The molecule has 21 heavy (non-hydrogen) atoms. The number of aliphatic hydroxyl groups excluding tert-OH is 1. The Balaban J connectivity index is 2.00. The molecule has 0 aliphatic rings. The van der Waals surface area contributed by atoms with Crippen molar-refractivity contribution in [2.75, 3.05) is 6.61 Å². The van der Waals surface area contributed by atoms with E-state index in [-0.39, 0.29) is 12.5 Å². The van der Waals surface area contributed by atoms with Crippen molar-refractivity contribution >= 4 is 17.2 Å². The van der Waals surface area contributed by atoms with Crippen LogP contribution in [-0.2, 0) is 13.0 Å². The van der Waals surface area contributed by atoms with Gasteiger partial charge in [0.2, 0.25) is 0 Å². The molecule has 1 amide bonds. The van der Waals surface area contributed by atoms with E-state index in [1.54, 1.807) is 11.4 Å². The highest BCUT2D eigenvalue weighted by molar-refractivity contribution is 7.10. The van der Waals surface area contributed by atoms with Crippen molar-refractivity contribution < 1.29 is 9.90 Å². The van der Waals surface area contributed by atoms with Gasteiger partial charge in [0.05, 0.1) is 10.4 Å². The number of benzene rings is 1. The van der Waals surface area contributed by atoms with Gasteiger partial charge in [0, 0.05) is 11.9 Å². The lowest BCUT2D eigenvalue weighted by atomic mass is 10.1. The van der Waals surface area contributed by atoms with E-state index in [0.717, 1.165) is 16.9 Å². The maximum atomic E-state index is 12.1. The van der Waals surface area contributed by atoms with Crippen LogP contribution in [0.4, 0.5) is 0 Å². The smallest absolute Gasteiger partial charge is 0.252 e. The Morgan fingerprint density at radius 3 is 2.81 bits per heavy atom. The summed E-state index contributed by atoms with van der Waals surface area (Å²) in [4.78, 5) is 12.9. The Morgan fingerprint density at radius 1 is 1.33 bits per heavy atom. The predicted molar refractivity (Wildman–Crippen MR) is 85.3 cm³/mol. The zero-order valence-corrected chi connectivity index (χ0v) is 12.7. The quantitative estimate of drug-likeness (QED) is 0.853. The van der Waals surface area contributed by atoms with Crippen molar-refractivity contribution in [3.8, 4) is 11.8 Å². The van der Waals surface area contributed by atoms with E-state index in [1.807, 2.05) is 18.2 Å². The van der Waals surface area contributed by atoms with Gasteiger partial charge in [0.25, 0.3) is 5.91 Å². The first-order chi connectivity index (χ1) is 10.2. The molecule has 0 spiro atoms. The molecule has 0 aliphatic carbocycles. The summed E-state index contributed by atoms with van der Waals surface area (Å²) in [6, 6.07) is 9.84. The Kier molecular flexibility index (Phi) is 5.56. The van der Waals surface area contributed by atoms with Crippen molar-refractivity contribution in [2.24, 2.45) is 0 Å². The van der Waals surface area contributed by atoms with Gasteiger partial charge in [-0.15, -0.1) is 11.3 Å². The van der Waals surface area contributed by atoms with Crippen LogP contribution in [0.2, 0.25) is 0 Å². The first kappa shape index (κ1) is 15.3. The summed E-state index contributed by atoms with van der Waals surface area (Å²) in [6.07, 6.45) is 0.950. The maximum absolute atomic E-state index is 12.1. The molecule has 0 saturated carbocycles. The molecular formula is C17H17NO2S. The second kappa shape index (κ2) is 7.63. The summed E-state index contributed by atoms with van der Waals surface area (Å²) >= 11 is 1.40. The van der Waals surface area contributed by atoms with E-state index >= 15 is 0 Å². The minimum atomic E-state index is -0.173. The minimum absolute atomic E-state index is 0.103. The van der Waals surface area contributed by atoms with Crippen LogP contribution < -0.4 is 5.32 Å². The minimum Gasteiger partial charge on any atom is -0.384 e. The van der Waals surface area contributed by atoms with Crippen LogP contribution in [0.15, 0.2) is 35.7 Å². The van der Waals surface area contributed by atoms with Crippen molar-refractivity contribution in [3.63, 3.8) is 0 Å². The lowest BCUT2D eigenvalue weighted by Gasteiger charge is -2.08. The molecule has 2 aromatic rings. The second-order valence-electron chi connectivity index (χ2n) is 4.46. The van der Waals surface area contributed by atoms with E-state index in [0.29, 0.717) is 12.1 Å². The molecule has 3 nitrogen and oxygen atoms in total. The highest BCUT2D eigenvalue weighted by atomic mass is 32.1. The third-order valence-electron chi connectivity index (χ3n) is 3.09. The topological polar surface area (TPSA) is 49.3 Å². The average Bonchev–Trinajstić information content (AvgIpc) is 2.99. The number of carbonyl (C=O) groups is 1. The molecule has 0 fully saturated rings. The molecule has 1 aromatic heterocycles. The highest BCUT2D eigenvalue weighted by Gasteiger charge is 2.08.